The van der Waals surface area contributed by atoms with Crippen LogP contribution in [0.2, 0.25) is 0 Å². The molecule has 0 amide bonds. The maximum Gasteiger partial charge on any atom is 0.240 e. The second kappa shape index (κ2) is 4.56. The average molecular weight is 254 g/mol. The van der Waals surface area contributed by atoms with E-state index in [0.29, 0.717) is 5.76 Å². The number of aromatic hydroxyl groups is 1. The van der Waals surface area contributed by atoms with Gasteiger partial charge in [0, 0.05) is 6.07 Å². The summed E-state index contributed by atoms with van der Waals surface area (Å²) < 4.78 is 30.7. The van der Waals surface area contributed by atoms with Gasteiger partial charge in [0.25, 0.3) is 0 Å². The zero-order valence-corrected chi connectivity index (χ0v) is 9.52. The van der Waals surface area contributed by atoms with Crippen molar-refractivity contribution >= 4 is 10.0 Å². The quantitative estimate of drug-likeness (QED) is 0.844. The van der Waals surface area contributed by atoms with Crippen molar-refractivity contribution in [1.82, 2.24) is 9.88 Å². The Morgan fingerprint density at radius 2 is 1.94 bits per heavy atom. The van der Waals surface area contributed by atoms with E-state index < -0.39 is 10.0 Å². The van der Waals surface area contributed by atoms with Crippen LogP contribution in [-0.2, 0) is 16.6 Å². The molecule has 1 heterocycles. The minimum atomic E-state index is -3.60. The molecule has 0 aliphatic heterocycles. The van der Waals surface area contributed by atoms with Crippen LogP contribution in [0.15, 0.2) is 45.9 Å². The zero-order chi connectivity index (χ0) is 12.3. The smallest absolute Gasteiger partial charge is 0.240 e. The van der Waals surface area contributed by atoms with Crippen molar-refractivity contribution in [2.45, 2.75) is 11.4 Å². The number of rotatable bonds is 4. The van der Waals surface area contributed by atoms with Gasteiger partial charge in [-0.25, -0.2) is 13.1 Å². The number of hydrogen-bond acceptors (Lipinski definition) is 5. The Bertz CT molecular complexity index is 575. The van der Waals surface area contributed by atoms with Crippen LogP contribution in [0.4, 0.5) is 0 Å². The third-order valence-corrected chi connectivity index (χ3v) is 3.49. The molecular weight excluding hydrogens is 244 g/mol. The highest BCUT2D eigenvalue weighted by molar-refractivity contribution is 7.89. The van der Waals surface area contributed by atoms with Crippen molar-refractivity contribution in [1.29, 1.82) is 0 Å². The second-order valence-corrected chi connectivity index (χ2v) is 5.06. The molecule has 0 bridgehead atoms. The fourth-order valence-corrected chi connectivity index (χ4v) is 2.20. The number of phenols is 1. The van der Waals surface area contributed by atoms with Gasteiger partial charge in [0.1, 0.15) is 5.75 Å². The summed E-state index contributed by atoms with van der Waals surface area (Å²) in [5, 5.41) is 12.5. The van der Waals surface area contributed by atoms with Gasteiger partial charge < -0.3 is 9.63 Å². The Kier molecular flexibility index (Phi) is 3.12. The van der Waals surface area contributed by atoms with Gasteiger partial charge in [-0.15, -0.1) is 0 Å². The third-order valence-electron chi connectivity index (χ3n) is 2.07. The Balaban J connectivity index is 2.11. The summed E-state index contributed by atoms with van der Waals surface area (Å²) in [6.07, 6.45) is 1.43. The summed E-state index contributed by atoms with van der Waals surface area (Å²) in [6, 6.07) is 6.82. The number of nitrogens with one attached hydrogen (secondary N) is 1. The van der Waals surface area contributed by atoms with E-state index in [2.05, 4.69) is 9.88 Å². The topological polar surface area (TPSA) is 92.4 Å². The molecule has 0 atom stereocenters. The maximum atomic E-state index is 11.8. The molecule has 2 rings (SSSR count). The van der Waals surface area contributed by atoms with Crippen molar-refractivity contribution in [2.75, 3.05) is 0 Å². The van der Waals surface area contributed by atoms with E-state index in [1.54, 1.807) is 6.07 Å². The van der Waals surface area contributed by atoms with Crippen LogP contribution in [0.25, 0.3) is 0 Å². The monoisotopic (exact) mass is 254 g/mol. The third kappa shape index (κ3) is 2.83. The number of benzene rings is 1. The minimum absolute atomic E-state index is 0.0131. The lowest BCUT2D eigenvalue weighted by Crippen LogP contribution is -2.22. The molecule has 1 aromatic heterocycles. The number of sulfonamides is 1. The van der Waals surface area contributed by atoms with E-state index in [1.165, 1.54) is 30.5 Å². The Morgan fingerprint density at radius 3 is 2.53 bits per heavy atom. The number of nitrogens with zero attached hydrogens (tertiary/aromatic N) is 1. The first-order valence-corrected chi connectivity index (χ1v) is 6.24. The lowest BCUT2D eigenvalue weighted by molar-refractivity contribution is 0.380. The number of phenolic OH excluding ortho intramolecular Hbond substituents is 1. The van der Waals surface area contributed by atoms with E-state index >= 15 is 0 Å². The van der Waals surface area contributed by atoms with Gasteiger partial charge >= 0.3 is 0 Å². The largest absolute Gasteiger partial charge is 0.508 e. The molecule has 17 heavy (non-hydrogen) atoms. The molecule has 0 fully saturated rings. The zero-order valence-electron chi connectivity index (χ0n) is 8.70. The molecule has 2 aromatic rings. The summed E-state index contributed by atoms with van der Waals surface area (Å²) in [4.78, 5) is 0.0785. The highest BCUT2D eigenvalue weighted by atomic mass is 32.2. The molecule has 90 valence electrons. The van der Waals surface area contributed by atoms with Gasteiger partial charge in [0.2, 0.25) is 10.0 Å². The molecular formula is C10H10N2O4S. The highest BCUT2D eigenvalue weighted by Gasteiger charge is 2.14. The summed E-state index contributed by atoms with van der Waals surface area (Å²) in [6.45, 7) is 0.0310. The predicted octanol–water partition coefficient (Wildman–Crippen LogP) is 0.859. The summed E-state index contributed by atoms with van der Waals surface area (Å²) in [5.74, 6) is 0.437. The van der Waals surface area contributed by atoms with Crippen molar-refractivity contribution in [2.24, 2.45) is 0 Å². The number of aromatic nitrogens is 1. The Labute approximate surface area is 97.9 Å². The normalized spacial score (nSPS) is 11.5. The fourth-order valence-electron chi connectivity index (χ4n) is 1.21. The van der Waals surface area contributed by atoms with Crippen LogP contribution in [0.1, 0.15) is 5.76 Å². The summed E-state index contributed by atoms with van der Waals surface area (Å²) >= 11 is 0. The predicted molar refractivity (Wildman–Crippen MR) is 58.6 cm³/mol. The first kappa shape index (κ1) is 11.6. The fraction of sp³-hybridized carbons (Fsp3) is 0.100. The standard InChI is InChI=1S/C10H10N2O4S/c13-8-1-3-10(4-2-8)17(14,15)12-7-9-5-6-11-16-9/h1-6,12-13H,7H2. The average Bonchev–Trinajstić information content (AvgIpc) is 2.80. The molecule has 2 N–H and O–H groups in total. The van der Waals surface area contributed by atoms with Crippen molar-refractivity contribution in [3.05, 3.63) is 42.3 Å². The van der Waals surface area contributed by atoms with E-state index in [-0.39, 0.29) is 17.2 Å². The molecule has 0 saturated heterocycles. The second-order valence-electron chi connectivity index (χ2n) is 3.30. The highest BCUT2D eigenvalue weighted by Crippen LogP contribution is 2.14. The van der Waals surface area contributed by atoms with Gasteiger partial charge in [-0.1, -0.05) is 5.16 Å². The van der Waals surface area contributed by atoms with E-state index in [4.69, 9.17) is 9.63 Å². The van der Waals surface area contributed by atoms with Gasteiger partial charge in [0.05, 0.1) is 17.6 Å². The van der Waals surface area contributed by atoms with Crippen molar-refractivity contribution in [3.8, 4) is 5.75 Å². The summed E-state index contributed by atoms with van der Waals surface area (Å²) in [5.41, 5.74) is 0. The first-order valence-electron chi connectivity index (χ1n) is 4.76. The van der Waals surface area contributed by atoms with E-state index in [9.17, 15) is 8.42 Å². The molecule has 0 saturated carbocycles. The maximum absolute atomic E-state index is 11.8. The van der Waals surface area contributed by atoms with Crippen molar-refractivity contribution < 1.29 is 18.0 Å². The molecule has 7 heteroatoms. The minimum Gasteiger partial charge on any atom is -0.508 e. The first-order chi connectivity index (χ1) is 8.08. The lowest BCUT2D eigenvalue weighted by atomic mass is 10.3. The van der Waals surface area contributed by atoms with Crippen LogP contribution >= 0.6 is 0 Å². The molecule has 0 spiro atoms. The van der Waals surface area contributed by atoms with Gasteiger partial charge in [-0.05, 0) is 24.3 Å². The van der Waals surface area contributed by atoms with Crippen LogP contribution < -0.4 is 4.72 Å². The van der Waals surface area contributed by atoms with E-state index in [0.717, 1.165) is 0 Å². The van der Waals surface area contributed by atoms with Gasteiger partial charge in [-0.2, -0.15) is 0 Å². The lowest BCUT2D eigenvalue weighted by Gasteiger charge is -2.04. The molecule has 1 aromatic carbocycles. The number of hydrogen-bond donors (Lipinski definition) is 2. The molecule has 0 radical (unpaired) electrons. The molecule has 0 aliphatic rings. The van der Waals surface area contributed by atoms with Gasteiger partial charge in [-0.3, -0.25) is 0 Å². The SMILES string of the molecule is O=S(=O)(NCc1ccno1)c1ccc(O)cc1. The van der Waals surface area contributed by atoms with Crippen LogP contribution in [0.3, 0.4) is 0 Å². The molecule has 6 nitrogen and oxygen atoms in total. The molecule has 0 unspecified atom stereocenters. The van der Waals surface area contributed by atoms with E-state index in [1.807, 2.05) is 0 Å². The van der Waals surface area contributed by atoms with Gasteiger partial charge in [0.15, 0.2) is 5.76 Å². The molecule has 0 aliphatic carbocycles. The van der Waals surface area contributed by atoms with Crippen LogP contribution in [0.5, 0.6) is 5.75 Å². The van der Waals surface area contributed by atoms with Crippen LogP contribution in [-0.4, -0.2) is 18.7 Å². The summed E-state index contributed by atoms with van der Waals surface area (Å²) in [7, 11) is -3.60. The van der Waals surface area contributed by atoms with Crippen molar-refractivity contribution in [3.63, 3.8) is 0 Å². The van der Waals surface area contributed by atoms with Crippen LogP contribution in [0, 0.1) is 0 Å². The Morgan fingerprint density at radius 1 is 1.24 bits per heavy atom. The Hall–Kier alpha value is -1.86.